The number of aromatic hydroxyl groups is 1. The van der Waals surface area contributed by atoms with Crippen molar-refractivity contribution in [2.45, 2.75) is 50.5 Å². The fourth-order valence-electron chi connectivity index (χ4n) is 5.02. The molecular weight excluding hydrogens is 418 g/mol. The first-order valence-corrected chi connectivity index (χ1v) is 11.5. The minimum Gasteiger partial charge on any atom is -0.496 e. The predicted molar refractivity (Wildman–Crippen MR) is 127 cm³/mol. The molecule has 33 heavy (non-hydrogen) atoms. The molecule has 7 nitrogen and oxygen atoms in total. The molecule has 3 N–H and O–H groups in total. The SMILES string of the molecule is CCc1[nH]c(=O)n(C2CCC(CNC(=O)c3ccccc3OC)(c3ccccc3)CC2)c1O. The van der Waals surface area contributed by atoms with E-state index in [9.17, 15) is 14.7 Å². The lowest BCUT2D eigenvalue weighted by Gasteiger charge is -2.41. The summed E-state index contributed by atoms with van der Waals surface area (Å²) in [6.07, 6.45) is 3.60. The Hall–Kier alpha value is -3.48. The lowest BCUT2D eigenvalue weighted by atomic mass is 9.68. The van der Waals surface area contributed by atoms with Crippen molar-refractivity contribution in [3.8, 4) is 11.6 Å². The number of hydrogen-bond donors (Lipinski definition) is 3. The van der Waals surface area contributed by atoms with Gasteiger partial charge in [0.1, 0.15) is 5.75 Å². The van der Waals surface area contributed by atoms with Crippen LogP contribution in [0.5, 0.6) is 11.6 Å². The van der Waals surface area contributed by atoms with E-state index in [0.29, 0.717) is 30.0 Å². The first-order chi connectivity index (χ1) is 16.0. The number of para-hydroxylation sites is 1. The van der Waals surface area contributed by atoms with Crippen LogP contribution in [0.15, 0.2) is 59.4 Å². The topological polar surface area (TPSA) is 96.4 Å². The molecule has 1 saturated carbocycles. The second-order valence-corrected chi connectivity index (χ2v) is 8.72. The van der Waals surface area contributed by atoms with Crippen LogP contribution in [-0.2, 0) is 11.8 Å². The van der Waals surface area contributed by atoms with Gasteiger partial charge in [0.15, 0.2) is 0 Å². The molecular formula is C26H31N3O4. The van der Waals surface area contributed by atoms with Crippen molar-refractivity contribution in [3.63, 3.8) is 0 Å². The van der Waals surface area contributed by atoms with Gasteiger partial charge in [0.2, 0.25) is 5.88 Å². The molecule has 1 fully saturated rings. The van der Waals surface area contributed by atoms with Crippen molar-refractivity contribution >= 4 is 5.91 Å². The van der Waals surface area contributed by atoms with Crippen LogP contribution in [0.25, 0.3) is 0 Å². The van der Waals surface area contributed by atoms with Gasteiger partial charge in [-0.1, -0.05) is 49.4 Å². The summed E-state index contributed by atoms with van der Waals surface area (Å²) in [7, 11) is 1.56. The van der Waals surface area contributed by atoms with E-state index in [0.717, 1.165) is 25.7 Å². The number of methoxy groups -OCH3 is 1. The summed E-state index contributed by atoms with van der Waals surface area (Å²) in [5, 5.41) is 13.7. The molecule has 2 aromatic carbocycles. The standard InChI is InChI=1S/C26H31N3O4/c1-3-21-24(31)29(25(32)28-21)19-13-15-26(16-14-19,18-9-5-4-6-10-18)17-27-23(30)20-11-7-8-12-22(20)33-2/h4-12,19,31H,3,13-17H2,1-2H3,(H,27,30)(H,28,32). The normalized spacial score (nSPS) is 20.4. The van der Waals surface area contributed by atoms with Crippen LogP contribution in [0.2, 0.25) is 0 Å². The number of H-pyrrole nitrogens is 1. The van der Waals surface area contributed by atoms with Gasteiger partial charge < -0.3 is 20.1 Å². The molecule has 1 aliphatic rings. The second kappa shape index (κ2) is 9.57. The second-order valence-electron chi connectivity index (χ2n) is 8.72. The summed E-state index contributed by atoms with van der Waals surface area (Å²) in [6, 6.07) is 17.3. The van der Waals surface area contributed by atoms with Crippen LogP contribution in [0.3, 0.4) is 0 Å². The lowest BCUT2D eigenvalue weighted by Crippen LogP contribution is -2.44. The third-order valence-corrected chi connectivity index (χ3v) is 6.93. The molecule has 1 aliphatic carbocycles. The largest absolute Gasteiger partial charge is 0.496 e. The molecule has 1 aromatic heterocycles. The predicted octanol–water partition coefficient (Wildman–Crippen LogP) is 3.94. The Morgan fingerprint density at radius 2 is 1.82 bits per heavy atom. The Morgan fingerprint density at radius 3 is 2.45 bits per heavy atom. The third kappa shape index (κ3) is 4.40. The number of nitrogens with one attached hydrogen (secondary N) is 2. The Labute approximate surface area is 193 Å². The van der Waals surface area contributed by atoms with Crippen LogP contribution in [0.1, 0.15) is 60.3 Å². The van der Waals surface area contributed by atoms with E-state index >= 15 is 0 Å². The minimum absolute atomic E-state index is 0.0455. The molecule has 0 atom stereocenters. The van der Waals surface area contributed by atoms with Gasteiger partial charge in [0.25, 0.3) is 5.91 Å². The maximum absolute atomic E-state index is 13.0. The molecule has 1 amide bonds. The maximum Gasteiger partial charge on any atom is 0.328 e. The maximum atomic E-state index is 13.0. The van der Waals surface area contributed by atoms with Gasteiger partial charge in [-0.25, -0.2) is 4.79 Å². The van der Waals surface area contributed by atoms with E-state index in [1.807, 2.05) is 37.3 Å². The average molecular weight is 450 g/mol. The first-order valence-electron chi connectivity index (χ1n) is 11.5. The summed E-state index contributed by atoms with van der Waals surface area (Å²) < 4.78 is 6.85. The highest BCUT2D eigenvalue weighted by Crippen LogP contribution is 2.43. The fraction of sp³-hybridized carbons (Fsp3) is 0.385. The highest BCUT2D eigenvalue weighted by atomic mass is 16.5. The van der Waals surface area contributed by atoms with Crippen molar-refractivity contribution in [1.29, 1.82) is 0 Å². The highest BCUT2D eigenvalue weighted by Gasteiger charge is 2.39. The number of ether oxygens (including phenoxy) is 1. The lowest BCUT2D eigenvalue weighted by molar-refractivity contribution is 0.0929. The Morgan fingerprint density at radius 1 is 1.15 bits per heavy atom. The molecule has 7 heteroatoms. The van der Waals surface area contributed by atoms with E-state index in [4.69, 9.17) is 4.74 Å². The number of aromatic nitrogens is 2. The fourth-order valence-corrected chi connectivity index (χ4v) is 5.02. The van der Waals surface area contributed by atoms with Gasteiger partial charge in [-0.15, -0.1) is 0 Å². The van der Waals surface area contributed by atoms with Crippen LogP contribution in [0.4, 0.5) is 0 Å². The summed E-state index contributed by atoms with van der Waals surface area (Å²) in [6.45, 7) is 2.38. The Bertz CT molecular complexity index is 1160. The van der Waals surface area contributed by atoms with Crippen molar-refractivity contribution in [2.75, 3.05) is 13.7 Å². The third-order valence-electron chi connectivity index (χ3n) is 6.93. The zero-order chi connectivity index (χ0) is 23.4. The van der Waals surface area contributed by atoms with Crippen LogP contribution in [-0.4, -0.2) is 34.2 Å². The van der Waals surface area contributed by atoms with E-state index in [2.05, 4.69) is 22.4 Å². The summed E-state index contributed by atoms with van der Waals surface area (Å²) >= 11 is 0. The van der Waals surface area contributed by atoms with Crippen molar-refractivity contribution in [2.24, 2.45) is 0 Å². The number of aromatic amines is 1. The van der Waals surface area contributed by atoms with Crippen molar-refractivity contribution in [3.05, 3.63) is 81.9 Å². The number of amides is 1. The quantitative estimate of drug-likeness (QED) is 0.509. The first kappa shape index (κ1) is 22.7. The van der Waals surface area contributed by atoms with Crippen molar-refractivity contribution in [1.82, 2.24) is 14.9 Å². The number of imidazole rings is 1. The number of aryl methyl sites for hydroxylation is 1. The van der Waals surface area contributed by atoms with E-state index in [1.165, 1.54) is 10.1 Å². The molecule has 174 valence electrons. The molecule has 0 spiro atoms. The minimum atomic E-state index is -0.258. The van der Waals surface area contributed by atoms with Crippen LogP contribution < -0.4 is 15.7 Å². The molecule has 0 unspecified atom stereocenters. The molecule has 3 aromatic rings. The Balaban J connectivity index is 1.56. The van der Waals surface area contributed by atoms with Gasteiger partial charge in [0.05, 0.1) is 18.4 Å². The number of benzene rings is 2. The average Bonchev–Trinajstić information content (AvgIpc) is 3.16. The highest BCUT2D eigenvalue weighted by molar-refractivity contribution is 5.96. The molecule has 0 radical (unpaired) electrons. The van der Waals surface area contributed by atoms with Gasteiger partial charge in [0, 0.05) is 18.0 Å². The zero-order valence-electron chi connectivity index (χ0n) is 19.1. The smallest absolute Gasteiger partial charge is 0.328 e. The van der Waals surface area contributed by atoms with E-state index in [-0.39, 0.29) is 28.9 Å². The number of carbonyl (C=O) groups excluding carboxylic acids is 1. The Kier molecular flexibility index (Phi) is 6.58. The summed E-state index contributed by atoms with van der Waals surface area (Å²) in [4.78, 5) is 28.2. The molecule has 0 aliphatic heterocycles. The van der Waals surface area contributed by atoms with E-state index in [1.54, 1.807) is 19.2 Å². The number of rotatable bonds is 7. The van der Waals surface area contributed by atoms with Gasteiger partial charge in [-0.05, 0) is 49.8 Å². The molecule has 0 saturated heterocycles. The monoisotopic (exact) mass is 449 g/mol. The molecule has 1 heterocycles. The van der Waals surface area contributed by atoms with Gasteiger partial charge in [-0.3, -0.25) is 9.36 Å². The summed E-state index contributed by atoms with van der Waals surface area (Å²) in [5.74, 6) is 0.419. The van der Waals surface area contributed by atoms with E-state index < -0.39 is 0 Å². The van der Waals surface area contributed by atoms with Gasteiger partial charge >= 0.3 is 5.69 Å². The van der Waals surface area contributed by atoms with Crippen molar-refractivity contribution < 1.29 is 14.6 Å². The molecule has 4 rings (SSSR count). The summed E-state index contributed by atoms with van der Waals surface area (Å²) in [5.41, 5.74) is 1.74. The van der Waals surface area contributed by atoms with Crippen LogP contribution in [0, 0.1) is 0 Å². The number of nitrogens with zero attached hydrogens (tertiary/aromatic N) is 1. The number of carbonyl (C=O) groups is 1. The van der Waals surface area contributed by atoms with Gasteiger partial charge in [-0.2, -0.15) is 0 Å². The number of hydrogen-bond acceptors (Lipinski definition) is 4. The van der Waals surface area contributed by atoms with Crippen LogP contribution >= 0.6 is 0 Å². The molecule has 0 bridgehead atoms. The zero-order valence-corrected chi connectivity index (χ0v) is 19.1.